The largest absolute Gasteiger partial charge is 0.524 e. The molecule has 2 aliphatic heterocycles. The summed E-state index contributed by atoms with van der Waals surface area (Å²) in [4.78, 5) is 0. The average Bonchev–Trinajstić information content (AvgIpc) is 2.67. The fraction of sp³-hybridized carbons (Fsp3) is 0.529. The molecule has 1 unspecified atom stereocenters. The normalized spacial score (nSPS) is 26.5. The minimum atomic E-state index is -0.929. The lowest BCUT2D eigenvalue weighted by molar-refractivity contribution is 0.00578. The molecular weight excluding hydrogens is 282 g/mol. The van der Waals surface area contributed by atoms with Crippen LogP contribution < -0.4 is 4.74 Å². The van der Waals surface area contributed by atoms with Crippen LogP contribution in [-0.2, 0) is 15.7 Å². The van der Waals surface area contributed by atoms with Crippen LogP contribution in [0.1, 0.15) is 33.3 Å². The van der Waals surface area contributed by atoms with Crippen molar-refractivity contribution in [2.75, 3.05) is 6.61 Å². The van der Waals surface area contributed by atoms with E-state index < -0.39 is 18.3 Å². The summed E-state index contributed by atoms with van der Waals surface area (Å²) in [5.41, 5.74) is -0.319. The van der Waals surface area contributed by atoms with Crippen LogP contribution in [0.15, 0.2) is 36.1 Å². The molecule has 118 valence electrons. The van der Waals surface area contributed by atoms with E-state index in [2.05, 4.69) is 0 Å². The predicted molar refractivity (Wildman–Crippen MR) is 84.4 cm³/mol. The van der Waals surface area contributed by atoms with Crippen molar-refractivity contribution in [2.45, 2.75) is 45.3 Å². The Hall–Kier alpha value is -1.33. The molecule has 0 N–H and O–H groups in total. The number of hydrogen-bond donors (Lipinski definition) is 0. The Bertz CT molecular complexity index is 581. The summed E-state index contributed by atoms with van der Waals surface area (Å²) in [5, 5.41) is 0. The van der Waals surface area contributed by atoms with Gasteiger partial charge in [-0.3, -0.25) is 0 Å². The van der Waals surface area contributed by atoms with E-state index in [9.17, 15) is 4.39 Å². The smallest absolute Gasteiger partial charge is 0.493 e. The molecule has 1 atom stereocenters. The van der Waals surface area contributed by atoms with E-state index in [0.29, 0.717) is 6.61 Å². The summed E-state index contributed by atoms with van der Waals surface area (Å²) in [7, 11) is -0.929. The third-order valence-electron chi connectivity index (χ3n) is 4.78. The summed E-state index contributed by atoms with van der Waals surface area (Å²) in [5.74, 6) is 0.886. The summed E-state index contributed by atoms with van der Waals surface area (Å²) in [6.45, 7) is 8.14. The Balaban J connectivity index is 1.72. The fourth-order valence-corrected chi connectivity index (χ4v) is 2.72. The van der Waals surface area contributed by atoms with Crippen LogP contribution in [0, 0.1) is 5.92 Å². The molecule has 0 aliphatic carbocycles. The lowest BCUT2D eigenvalue weighted by Crippen LogP contribution is -2.41. The topological polar surface area (TPSA) is 27.7 Å². The van der Waals surface area contributed by atoms with E-state index in [1.807, 2.05) is 52.0 Å². The Labute approximate surface area is 131 Å². The van der Waals surface area contributed by atoms with E-state index in [4.69, 9.17) is 14.0 Å². The Morgan fingerprint density at radius 3 is 2.50 bits per heavy atom. The van der Waals surface area contributed by atoms with Gasteiger partial charge >= 0.3 is 7.12 Å². The zero-order valence-corrected chi connectivity index (χ0v) is 13.6. The highest BCUT2D eigenvalue weighted by atomic mass is 19.1. The minimum Gasteiger partial charge on any atom is -0.493 e. The van der Waals surface area contributed by atoms with Gasteiger partial charge in [-0.05, 0) is 51.8 Å². The van der Waals surface area contributed by atoms with E-state index in [-0.39, 0.29) is 11.6 Å². The number of ether oxygens (including phenoxy) is 1. The summed E-state index contributed by atoms with van der Waals surface area (Å²) < 4.78 is 31.7. The van der Waals surface area contributed by atoms with Crippen molar-refractivity contribution < 1.29 is 18.4 Å². The molecule has 2 aliphatic rings. The minimum absolute atomic E-state index is 0.00563. The first kappa shape index (κ1) is 15.6. The highest BCUT2D eigenvalue weighted by Gasteiger charge is 2.53. The van der Waals surface area contributed by atoms with Crippen LogP contribution in [0.4, 0.5) is 4.39 Å². The second-order valence-corrected chi connectivity index (χ2v) is 7.02. The van der Waals surface area contributed by atoms with Gasteiger partial charge in [0, 0.05) is 5.92 Å². The molecule has 1 fully saturated rings. The molecule has 2 heterocycles. The monoisotopic (exact) mass is 304 g/mol. The average molecular weight is 304 g/mol. The number of fused-ring (bicyclic) bond motifs is 1. The van der Waals surface area contributed by atoms with E-state index in [1.165, 1.54) is 0 Å². The van der Waals surface area contributed by atoms with Gasteiger partial charge in [0.25, 0.3) is 0 Å². The maximum atomic E-state index is 14.5. The number of para-hydroxylation sites is 1. The van der Waals surface area contributed by atoms with Gasteiger partial charge in [0.05, 0.1) is 17.8 Å². The van der Waals surface area contributed by atoms with Crippen molar-refractivity contribution in [2.24, 2.45) is 5.92 Å². The molecule has 0 radical (unpaired) electrons. The summed E-state index contributed by atoms with van der Waals surface area (Å²) in [6, 6.07) is 7.88. The van der Waals surface area contributed by atoms with Crippen molar-refractivity contribution in [3.8, 4) is 5.75 Å². The maximum Gasteiger partial charge on any atom is 0.524 e. The third-order valence-corrected chi connectivity index (χ3v) is 4.78. The molecule has 0 aromatic heterocycles. The molecule has 0 spiro atoms. The summed E-state index contributed by atoms with van der Waals surface area (Å²) in [6.07, 6.45) is 2.35. The molecule has 3 nitrogen and oxygen atoms in total. The Kier molecular flexibility index (Phi) is 3.81. The molecule has 1 aromatic carbocycles. The van der Waals surface area contributed by atoms with Crippen molar-refractivity contribution in [1.82, 2.24) is 0 Å². The summed E-state index contributed by atoms with van der Waals surface area (Å²) >= 11 is 0. The predicted octanol–water partition coefficient (Wildman–Crippen LogP) is 3.72. The standard InChI is InChI=1S/C17H22BFO3/c1-16(2)17(3,4)22-18(21-16)15(19)10-12-9-13-7-5-6-8-14(13)20-11-12/h5-8,10,12H,9,11H2,1-4H3. The molecule has 0 amide bonds. The van der Waals surface area contributed by atoms with Gasteiger partial charge in [-0.15, -0.1) is 0 Å². The zero-order valence-electron chi connectivity index (χ0n) is 13.6. The third kappa shape index (κ3) is 2.80. The lowest BCUT2D eigenvalue weighted by Gasteiger charge is -2.32. The van der Waals surface area contributed by atoms with E-state index in [0.717, 1.165) is 17.7 Å². The fourth-order valence-electron chi connectivity index (χ4n) is 2.72. The molecule has 0 saturated carbocycles. The molecule has 1 aromatic rings. The van der Waals surface area contributed by atoms with E-state index in [1.54, 1.807) is 6.08 Å². The van der Waals surface area contributed by atoms with Gasteiger partial charge in [-0.25, -0.2) is 4.39 Å². The molecule has 3 rings (SSSR count). The molecular formula is C17H22BFO3. The van der Waals surface area contributed by atoms with Gasteiger partial charge in [0.15, 0.2) is 0 Å². The highest BCUT2D eigenvalue weighted by molar-refractivity contribution is 6.53. The first-order valence-corrected chi connectivity index (χ1v) is 7.72. The first-order chi connectivity index (χ1) is 10.3. The SMILES string of the molecule is CC1(C)OB(C(F)=CC2COc3ccccc3C2)OC1(C)C. The highest BCUT2D eigenvalue weighted by Crippen LogP contribution is 2.39. The van der Waals surface area contributed by atoms with Crippen molar-refractivity contribution >= 4 is 7.12 Å². The van der Waals surface area contributed by atoms with Gasteiger partial charge in [-0.2, -0.15) is 0 Å². The second-order valence-electron chi connectivity index (χ2n) is 7.02. The maximum absolute atomic E-state index is 14.5. The Morgan fingerprint density at radius 2 is 1.82 bits per heavy atom. The number of halogens is 1. The van der Waals surface area contributed by atoms with Crippen LogP contribution in [-0.4, -0.2) is 24.9 Å². The number of rotatable bonds is 2. The molecule has 0 bridgehead atoms. The first-order valence-electron chi connectivity index (χ1n) is 7.72. The van der Waals surface area contributed by atoms with Crippen molar-refractivity contribution in [1.29, 1.82) is 0 Å². The van der Waals surface area contributed by atoms with Crippen LogP contribution in [0.25, 0.3) is 0 Å². The van der Waals surface area contributed by atoms with Crippen molar-refractivity contribution in [3.05, 3.63) is 41.6 Å². The molecule has 1 saturated heterocycles. The van der Waals surface area contributed by atoms with Crippen LogP contribution in [0.5, 0.6) is 5.75 Å². The van der Waals surface area contributed by atoms with Gasteiger partial charge < -0.3 is 14.0 Å². The van der Waals surface area contributed by atoms with E-state index >= 15 is 0 Å². The van der Waals surface area contributed by atoms with Gasteiger partial charge in [0.1, 0.15) is 11.5 Å². The van der Waals surface area contributed by atoms with Crippen LogP contribution in [0.2, 0.25) is 0 Å². The molecule has 22 heavy (non-hydrogen) atoms. The van der Waals surface area contributed by atoms with Gasteiger partial charge in [0.2, 0.25) is 0 Å². The zero-order chi connectivity index (χ0) is 16.0. The lowest BCUT2D eigenvalue weighted by atomic mass is 9.84. The molecule has 5 heteroatoms. The second kappa shape index (κ2) is 5.39. The number of hydrogen-bond acceptors (Lipinski definition) is 3. The van der Waals surface area contributed by atoms with Gasteiger partial charge in [-0.1, -0.05) is 18.2 Å². The number of benzene rings is 1. The van der Waals surface area contributed by atoms with Crippen LogP contribution >= 0.6 is 0 Å². The quantitative estimate of drug-likeness (QED) is 0.779. The van der Waals surface area contributed by atoms with Crippen LogP contribution in [0.3, 0.4) is 0 Å². The van der Waals surface area contributed by atoms with Crippen molar-refractivity contribution in [3.63, 3.8) is 0 Å². The Morgan fingerprint density at radius 1 is 1.18 bits per heavy atom.